The van der Waals surface area contributed by atoms with Crippen LogP contribution in [0.25, 0.3) is 0 Å². The maximum atomic E-state index is 12.7. The molecule has 0 aliphatic carbocycles. The van der Waals surface area contributed by atoms with E-state index in [1.165, 1.54) is 18.9 Å². The van der Waals surface area contributed by atoms with Crippen LogP contribution in [0.2, 0.25) is 10.0 Å². The SMILES string of the molecule is COc1ccc(Cl)cc1N1C(=NC(=O)Cc2ccccc2Cl)S[C@@H]2CS(=O)(=O)C[C@H]21. The summed E-state index contributed by atoms with van der Waals surface area (Å²) < 4.78 is 29.9. The van der Waals surface area contributed by atoms with Crippen molar-refractivity contribution >= 4 is 61.6 Å². The number of rotatable bonds is 4. The van der Waals surface area contributed by atoms with Crippen LogP contribution in [0, 0.1) is 0 Å². The number of carbonyl (C=O) groups is 1. The highest BCUT2D eigenvalue weighted by molar-refractivity contribution is 8.16. The van der Waals surface area contributed by atoms with Crippen molar-refractivity contribution in [2.24, 2.45) is 4.99 Å². The number of halogens is 2. The maximum absolute atomic E-state index is 12.7. The Morgan fingerprint density at radius 1 is 1.23 bits per heavy atom. The summed E-state index contributed by atoms with van der Waals surface area (Å²) in [5.74, 6) is 0.188. The lowest BCUT2D eigenvalue weighted by Gasteiger charge is -2.26. The van der Waals surface area contributed by atoms with E-state index in [1.54, 1.807) is 41.3 Å². The zero-order valence-electron chi connectivity index (χ0n) is 15.9. The zero-order valence-corrected chi connectivity index (χ0v) is 19.1. The van der Waals surface area contributed by atoms with Gasteiger partial charge in [0.1, 0.15) is 5.75 Å². The molecule has 2 fully saturated rings. The van der Waals surface area contributed by atoms with Gasteiger partial charge < -0.3 is 9.64 Å². The number of nitrogens with zero attached hydrogens (tertiary/aromatic N) is 2. The lowest BCUT2D eigenvalue weighted by molar-refractivity contribution is -0.117. The highest BCUT2D eigenvalue weighted by Gasteiger charge is 2.50. The third kappa shape index (κ3) is 4.32. The van der Waals surface area contributed by atoms with Crippen molar-refractivity contribution in [2.75, 3.05) is 23.5 Å². The van der Waals surface area contributed by atoms with Crippen LogP contribution in [0.1, 0.15) is 5.56 Å². The second kappa shape index (κ2) is 8.42. The number of sulfone groups is 1. The first kappa shape index (κ1) is 21.5. The summed E-state index contributed by atoms with van der Waals surface area (Å²) in [5, 5.41) is 1.20. The van der Waals surface area contributed by atoms with E-state index < -0.39 is 9.84 Å². The molecule has 2 aromatic rings. The van der Waals surface area contributed by atoms with Crippen LogP contribution in [0.4, 0.5) is 5.69 Å². The van der Waals surface area contributed by atoms with Crippen LogP contribution in [-0.2, 0) is 21.1 Å². The third-order valence-electron chi connectivity index (χ3n) is 4.99. The van der Waals surface area contributed by atoms with Gasteiger partial charge in [-0.1, -0.05) is 53.2 Å². The fraction of sp³-hybridized carbons (Fsp3) is 0.300. The number of carbonyl (C=O) groups excluding carboxylic acids is 1. The lowest BCUT2D eigenvalue weighted by atomic mass is 10.1. The van der Waals surface area contributed by atoms with Crippen molar-refractivity contribution in [3.8, 4) is 5.75 Å². The van der Waals surface area contributed by atoms with E-state index in [9.17, 15) is 13.2 Å². The average molecular weight is 485 g/mol. The number of amides is 1. The summed E-state index contributed by atoms with van der Waals surface area (Å²) in [5.41, 5.74) is 1.28. The third-order valence-corrected chi connectivity index (χ3v) is 8.80. The van der Waals surface area contributed by atoms with Gasteiger partial charge in [-0.05, 0) is 29.8 Å². The normalized spacial score (nSPS) is 23.6. The van der Waals surface area contributed by atoms with Crippen molar-refractivity contribution in [2.45, 2.75) is 17.7 Å². The molecule has 2 atom stereocenters. The quantitative estimate of drug-likeness (QED) is 0.655. The summed E-state index contributed by atoms with van der Waals surface area (Å²) in [6.07, 6.45) is 0.0535. The van der Waals surface area contributed by atoms with Gasteiger partial charge in [0.15, 0.2) is 15.0 Å². The Morgan fingerprint density at radius 3 is 2.73 bits per heavy atom. The average Bonchev–Trinajstić information content (AvgIpc) is 3.14. The Hall–Kier alpha value is -1.74. The molecule has 0 aromatic heterocycles. The molecule has 1 amide bonds. The maximum Gasteiger partial charge on any atom is 0.252 e. The number of fused-ring (bicyclic) bond motifs is 1. The van der Waals surface area contributed by atoms with E-state index in [0.29, 0.717) is 32.2 Å². The molecule has 0 spiro atoms. The first-order valence-corrected chi connectivity index (χ1v) is 12.6. The predicted octanol–water partition coefficient (Wildman–Crippen LogP) is 3.85. The van der Waals surface area contributed by atoms with Crippen LogP contribution < -0.4 is 9.64 Å². The van der Waals surface area contributed by atoms with E-state index in [0.717, 1.165) is 0 Å². The number of hydrogen-bond donors (Lipinski definition) is 0. The molecular formula is C20H18Cl2N2O4S2. The van der Waals surface area contributed by atoms with Crippen molar-refractivity contribution < 1.29 is 17.9 Å². The number of hydrogen-bond acceptors (Lipinski definition) is 5. The van der Waals surface area contributed by atoms with Crippen LogP contribution in [0.15, 0.2) is 47.5 Å². The topological polar surface area (TPSA) is 76.0 Å². The predicted molar refractivity (Wildman–Crippen MR) is 122 cm³/mol. The molecule has 0 N–H and O–H groups in total. The molecular weight excluding hydrogens is 467 g/mol. The van der Waals surface area contributed by atoms with Crippen LogP contribution in [0.3, 0.4) is 0 Å². The number of thioether (sulfide) groups is 1. The molecule has 6 nitrogen and oxygen atoms in total. The van der Waals surface area contributed by atoms with E-state index in [2.05, 4.69) is 4.99 Å². The van der Waals surface area contributed by atoms with Crippen molar-refractivity contribution in [1.82, 2.24) is 0 Å². The smallest absolute Gasteiger partial charge is 0.252 e. The minimum Gasteiger partial charge on any atom is -0.495 e. The highest BCUT2D eigenvalue weighted by Crippen LogP contribution is 2.44. The summed E-state index contributed by atoms with van der Waals surface area (Å²) in [6.45, 7) is 0. The highest BCUT2D eigenvalue weighted by atomic mass is 35.5. The van der Waals surface area contributed by atoms with Crippen molar-refractivity contribution in [1.29, 1.82) is 0 Å². The minimum absolute atomic E-state index is 0.0158. The number of ether oxygens (including phenoxy) is 1. The monoisotopic (exact) mass is 484 g/mol. The van der Waals surface area contributed by atoms with Gasteiger partial charge in [-0.25, -0.2) is 8.42 Å². The van der Waals surface area contributed by atoms with Gasteiger partial charge in [-0.2, -0.15) is 4.99 Å². The lowest BCUT2D eigenvalue weighted by Crippen LogP contribution is -2.38. The zero-order chi connectivity index (χ0) is 21.5. The van der Waals surface area contributed by atoms with Gasteiger partial charge in [0.05, 0.1) is 36.8 Å². The number of aliphatic imine (C=N–C) groups is 1. The summed E-state index contributed by atoms with van der Waals surface area (Å²) in [4.78, 5) is 18.8. The standard InChI is InChI=1S/C20H18Cl2N2O4S2/c1-28-17-7-6-13(21)9-15(17)24-16-10-30(26,27)11-18(16)29-20(24)23-19(25)8-12-4-2-3-5-14(12)22/h2-7,9,16,18H,8,10-11H2,1H3/t16-,18-/m1/s1. The number of benzene rings is 2. The molecule has 2 aliphatic heterocycles. The van der Waals surface area contributed by atoms with E-state index in [4.69, 9.17) is 27.9 Å². The Balaban J connectivity index is 1.71. The molecule has 0 unspecified atom stereocenters. The largest absolute Gasteiger partial charge is 0.495 e. The summed E-state index contributed by atoms with van der Waals surface area (Å²) in [7, 11) is -1.65. The molecule has 2 heterocycles. The first-order chi connectivity index (χ1) is 14.3. The fourth-order valence-corrected chi connectivity index (χ4v) is 7.94. The molecule has 30 heavy (non-hydrogen) atoms. The Bertz CT molecular complexity index is 1140. The van der Waals surface area contributed by atoms with Crippen LogP contribution >= 0.6 is 35.0 Å². The van der Waals surface area contributed by atoms with Gasteiger partial charge in [0.2, 0.25) is 0 Å². The summed E-state index contributed by atoms with van der Waals surface area (Å²) in [6, 6.07) is 11.9. The Kier molecular flexibility index (Phi) is 6.03. The number of amidine groups is 1. The van der Waals surface area contributed by atoms with Crippen LogP contribution in [-0.4, -0.2) is 49.4 Å². The minimum atomic E-state index is -3.18. The molecule has 158 valence electrons. The molecule has 0 saturated carbocycles. The number of anilines is 1. The van der Waals surface area contributed by atoms with Gasteiger partial charge in [0, 0.05) is 15.3 Å². The summed E-state index contributed by atoms with van der Waals surface area (Å²) >= 11 is 13.7. The van der Waals surface area contributed by atoms with E-state index in [1.807, 2.05) is 6.07 Å². The van der Waals surface area contributed by atoms with Gasteiger partial charge >= 0.3 is 0 Å². The second-order valence-electron chi connectivity index (χ2n) is 7.04. The first-order valence-electron chi connectivity index (χ1n) is 9.12. The second-order valence-corrected chi connectivity index (χ2v) is 11.2. The Morgan fingerprint density at radius 2 is 2.00 bits per heavy atom. The van der Waals surface area contributed by atoms with Crippen LogP contribution in [0.5, 0.6) is 5.75 Å². The van der Waals surface area contributed by atoms with Gasteiger partial charge in [-0.3, -0.25) is 4.79 Å². The van der Waals surface area contributed by atoms with Gasteiger partial charge in [0.25, 0.3) is 5.91 Å². The Labute approximate surface area is 189 Å². The molecule has 2 aromatic carbocycles. The number of methoxy groups -OCH3 is 1. The van der Waals surface area contributed by atoms with Gasteiger partial charge in [-0.15, -0.1) is 0 Å². The van der Waals surface area contributed by atoms with Crippen molar-refractivity contribution in [3.05, 3.63) is 58.1 Å². The van der Waals surface area contributed by atoms with E-state index in [-0.39, 0.29) is 35.1 Å². The van der Waals surface area contributed by atoms with E-state index >= 15 is 0 Å². The van der Waals surface area contributed by atoms with Crippen molar-refractivity contribution in [3.63, 3.8) is 0 Å². The molecule has 0 radical (unpaired) electrons. The molecule has 2 aliphatic rings. The molecule has 10 heteroatoms. The molecule has 4 rings (SSSR count). The molecule has 0 bridgehead atoms. The molecule has 2 saturated heterocycles. The fourth-order valence-electron chi connectivity index (χ4n) is 3.65.